The predicted octanol–water partition coefficient (Wildman–Crippen LogP) is 4.68. The Kier molecular flexibility index (Phi) is 6.23. The molecule has 2 aromatic rings. The maximum Gasteiger partial charge on any atom is 0.226 e. The first-order valence-electron chi connectivity index (χ1n) is 7.47. The van der Waals surface area contributed by atoms with Crippen LogP contribution in [0.1, 0.15) is 18.9 Å². The van der Waals surface area contributed by atoms with Crippen LogP contribution in [-0.4, -0.2) is 18.4 Å². The lowest BCUT2D eigenvalue weighted by Gasteiger charge is -2.21. The number of para-hydroxylation sites is 1. The zero-order chi connectivity index (χ0) is 17.7. The lowest BCUT2D eigenvalue weighted by atomic mass is 10.2. The number of aryl methyl sites for hydroxylation is 1. The summed E-state index contributed by atoms with van der Waals surface area (Å²) >= 11 is 12.1. The number of nitrogens with zero attached hydrogens (tertiary/aromatic N) is 1. The molecule has 0 aliphatic rings. The number of carbonyl (C=O) groups excluding carboxylic acids is 2. The van der Waals surface area contributed by atoms with E-state index in [1.54, 1.807) is 30.3 Å². The number of amides is 2. The summed E-state index contributed by atoms with van der Waals surface area (Å²) in [5.41, 5.74) is 2.15. The van der Waals surface area contributed by atoms with Crippen LogP contribution in [0.4, 0.5) is 11.4 Å². The largest absolute Gasteiger partial charge is 0.325 e. The number of carbonyl (C=O) groups is 2. The Labute approximate surface area is 151 Å². The Morgan fingerprint density at radius 3 is 2.42 bits per heavy atom. The Morgan fingerprint density at radius 1 is 1.08 bits per heavy atom. The summed E-state index contributed by atoms with van der Waals surface area (Å²) < 4.78 is 0. The molecule has 0 atom stereocenters. The van der Waals surface area contributed by atoms with Gasteiger partial charge in [-0.2, -0.15) is 0 Å². The molecule has 126 valence electrons. The van der Waals surface area contributed by atoms with E-state index < -0.39 is 0 Å². The third-order valence-electron chi connectivity index (χ3n) is 3.56. The zero-order valence-corrected chi connectivity index (χ0v) is 15.0. The molecule has 0 aliphatic carbocycles. The second-order valence-electron chi connectivity index (χ2n) is 5.38. The Balaban J connectivity index is 2.03. The minimum atomic E-state index is -0.215. The lowest BCUT2D eigenvalue weighted by molar-refractivity contribution is -0.117. The molecule has 2 rings (SSSR count). The number of nitrogens with one attached hydrogen (secondary N) is 1. The molecule has 0 aromatic heterocycles. The first-order valence-corrected chi connectivity index (χ1v) is 8.22. The maximum atomic E-state index is 12.1. The number of rotatable bonds is 5. The van der Waals surface area contributed by atoms with Crippen LogP contribution in [0.2, 0.25) is 10.0 Å². The molecule has 2 aromatic carbocycles. The summed E-state index contributed by atoms with van der Waals surface area (Å²) in [5, 5.41) is 3.80. The van der Waals surface area contributed by atoms with E-state index >= 15 is 0 Å². The second kappa shape index (κ2) is 8.18. The van der Waals surface area contributed by atoms with Crippen LogP contribution in [0.3, 0.4) is 0 Å². The highest BCUT2D eigenvalue weighted by Gasteiger charge is 2.15. The van der Waals surface area contributed by atoms with E-state index in [1.165, 1.54) is 11.8 Å². The highest BCUT2D eigenvalue weighted by atomic mass is 35.5. The first kappa shape index (κ1) is 18.3. The average molecular weight is 365 g/mol. The van der Waals surface area contributed by atoms with Crippen molar-refractivity contribution in [2.45, 2.75) is 20.3 Å². The number of benzene rings is 2. The molecule has 0 saturated carbocycles. The van der Waals surface area contributed by atoms with Crippen molar-refractivity contribution in [2.75, 3.05) is 16.8 Å². The SMILES string of the molecule is CC(=O)N(CCC(=O)Nc1ccccc1Cl)c1ccc(C)c(Cl)c1. The Morgan fingerprint density at radius 2 is 1.79 bits per heavy atom. The van der Waals surface area contributed by atoms with E-state index in [-0.39, 0.29) is 24.8 Å². The predicted molar refractivity (Wildman–Crippen MR) is 98.9 cm³/mol. The topological polar surface area (TPSA) is 49.4 Å². The van der Waals surface area contributed by atoms with Crippen LogP contribution in [0.15, 0.2) is 42.5 Å². The Bertz CT molecular complexity index is 762. The molecule has 0 spiro atoms. The van der Waals surface area contributed by atoms with Crippen molar-refractivity contribution >= 4 is 46.4 Å². The number of hydrogen-bond donors (Lipinski definition) is 1. The van der Waals surface area contributed by atoms with Gasteiger partial charge < -0.3 is 10.2 Å². The summed E-state index contributed by atoms with van der Waals surface area (Å²) in [7, 11) is 0. The van der Waals surface area contributed by atoms with Crippen molar-refractivity contribution in [1.29, 1.82) is 0 Å². The monoisotopic (exact) mass is 364 g/mol. The quantitative estimate of drug-likeness (QED) is 0.836. The van der Waals surface area contributed by atoms with E-state index in [0.717, 1.165) is 5.56 Å². The minimum absolute atomic E-state index is 0.149. The molecule has 0 unspecified atom stereocenters. The van der Waals surface area contributed by atoms with Gasteiger partial charge in [-0.05, 0) is 36.8 Å². The fourth-order valence-electron chi connectivity index (χ4n) is 2.21. The smallest absolute Gasteiger partial charge is 0.226 e. The highest BCUT2D eigenvalue weighted by Crippen LogP contribution is 2.24. The van der Waals surface area contributed by atoms with Crippen molar-refractivity contribution in [1.82, 2.24) is 0 Å². The van der Waals surface area contributed by atoms with Gasteiger partial charge in [0.25, 0.3) is 0 Å². The first-order chi connectivity index (χ1) is 11.4. The van der Waals surface area contributed by atoms with Crippen molar-refractivity contribution in [3.05, 3.63) is 58.1 Å². The lowest BCUT2D eigenvalue weighted by Crippen LogP contribution is -2.32. The molecule has 0 bridgehead atoms. The second-order valence-corrected chi connectivity index (χ2v) is 6.20. The molecule has 24 heavy (non-hydrogen) atoms. The van der Waals surface area contributed by atoms with Crippen LogP contribution in [0.5, 0.6) is 0 Å². The van der Waals surface area contributed by atoms with Gasteiger partial charge in [-0.25, -0.2) is 0 Å². The molecule has 6 heteroatoms. The van der Waals surface area contributed by atoms with E-state index in [4.69, 9.17) is 23.2 Å². The third kappa shape index (κ3) is 4.73. The molecule has 0 fully saturated rings. The van der Waals surface area contributed by atoms with Crippen LogP contribution in [0, 0.1) is 6.92 Å². The van der Waals surface area contributed by atoms with E-state index in [0.29, 0.717) is 21.4 Å². The standard InChI is InChI=1S/C18H18Cl2N2O2/c1-12-7-8-14(11-16(12)20)22(13(2)23)10-9-18(24)21-17-6-4-3-5-15(17)19/h3-8,11H,9-10H2,1-2H3,(H,21,24). The van der Waals surface area contributed by atoms with Crippen LogP contribution in [-0.2, 0) is 9.59 Å². The van der Waals surface area contributed by atoms with E-state index in [9.17, 15) is 9.59 Å². The highest BCUT2D eigenvalue weighted by molar-refractivity contribution is 6.33. The molecular formula is C18H18Cl2N2O2. The minimum Gasteiger partial charge on any atom is -0.325 e. The van der Waals surface area contributed by atoms with Crippen molar-refractivity contribution < 1.29 is 9.59 Å². The normalized spacial score (nSPS) is 10.3. The third-order valence-corrected chi connectivity index (χ3v) is 4.29. The maximum absolute atomic E-state index is 12.1. The number of hydrogen-bond acceptors (Lipinski definition) is 2. The van der Waals surface area contributed by atoms with Crippen molar-refractivity contribution in [3.8, 4) is 0 Å². The number of anilines is 2. The van der Waals surface area contributed by atoms with Crippen molar-refractivity contribution in [2.24, 2.45) is 0 Å². The fraction of sp³-hybridized carbons (Fsp3) is 0.222. The van der Waals surface area contributed by atoms with Gasteiger partial charge in [0.1, 0.15) is 0 Å². The summed E-state index contributed by atoms with van der Waals surface area (Å²) in [4.78, 5) is 25.5. The van der Waals surface area contributed by atoms with Gasteiger partial charge >= 0.3 is 0 Å². The molecule has 1 N–H and O–H groups in total. The number of halogens is 2. The van der Waals surface area contributed by atoms with Gasteiger partial charge in [-0.3, -0.25) is 9.59 Å². The van der Waals surface area contributed by atoms with Gasteiger partial charge in [-0.15, -0.1) is 0 Å². The van der Waals surface area contributed by atoms with Crippen molar-refractivity contribution in [3.63, 3.8) is 0 Å². The molecular weight excluding hydrogens is 347 g/mol. The van der Waals surface area contributed by atoms with Crippen LogP contribution >= 0.6 is 23.2 Å². The van der Waals surface area contributed by atoms with Gasteiger partial charge in [-0.1, -0.05) is 41.4 Å². The van der Waals surface area contributed by atoms with Gasteiger partial charge in [0, 0.05) is 30.6 Å². The van der Waals surface area contributed by atoms with Crippen LogP contribution < -0.4 is 10.2 Å². The molecule has 0 aliphatic heterocycles. The molecule has 0 saturated heterocycles. The average Bonchev–Trinajstić information content (AvgIpc) is 2.53. The van der Waals surface area contributed by atoms with E-state index in [2.05, 4.69) is 5.32 Å². The molecule has 0 radical (unpaired) electrons. The summed E-state index contributed by atoms with van der Waals surface area (Å²) in [6.45, 7) is 3.60. The summed E-state index contributed by atoms with van der Waals surface area (Å²) in [6, 6.07) is 12.4. The van der Waals surface area contributed by atoms with Gasteiger partial charge in [0.2, 0.25) is 11.8 Å². The fourth-order valence-corrected chi connectivity index (χ4v) is 2.56. The zero-order valence-electron chi connectivity index (χ0n) is 13.5. The summed E-state index contributed by atoms with van der Waals surface area (Å²) in [5.74, 6) is -0.368. The van der Waals surface area contributed by atoms with Gasteiger partial charge in [0.05, 0.1) is 10.7 Å². The molecule has 2 amide bonds. The molecule has 0 heterocycles. The molecule has 4 nitrogen and oxygen atoms in total. The van der Waals surface area contributed by atoms with E-state index in [1.807, 2.05) is 19.1 Å². The summed E-state index contributed by atoms with van der Waals surface area (Å²) in [6.07, 6.45) is 0.149. The van der Waals surface area contributed by atoms with Crippen LogP contribution in [0.25, 0.3) is 0 Å². The van der Waals surface area contributed by atoms with Gasteiger partial charge in [0.15, 0.2) is 0 Å². The Hall–Kier alpha value is -2.04.